The molecule has 0 fully saturated rings. The van der Waals surface area contributed by atoms with Crippen molar-refractivity contribution >= 4 is 17.9 Å². The SMILES string of the molecule is CC/C=C\C/C=C\C/C=C\C/C=C\C/C=C\C/C=C\C/C=C\C/C=C\C/C=C\CCCCCC(=O)OCC(COC(=O)CCCCC/C=C\C/C=C\C/C=C\CC)OC(=O)CCCCCCC/C=C\C/C=C\CCCCC. The Labute approximate surface area is 472 Å². The zero-order valence-electron chi connectivity index (χ0n) is 49.1. The molecule has 0 spiro atoms. The number of ether oxygens (including phenoxy) is 3. The Hall–Kier alpha value is -5.23. The molecule has 0 radical (unpaired) electrons. The molecule has 0 rings (SSSR count). The number of rotatable bonds is 53. The summed E-state index contributed by atoms with van der Waals surface area (Å²) in [6.45, 7) is 6.30. The third-order valence-electron chi connectivity index (χ3n) is 12.2. The zero-order valence-corrected chi connectivity index (χ0v) is 49.1. The van der Waals surface area contributed by atoms with Crippen LogP contribution in [-0.4, -0.2) is 37.2 Å². The standard InChI is InChI=1S/C71H110O6/c1-4-7-10-13-16-19-22-25-27-28-29-30-31-32-33-34-35-36-37-38-39-40-41-42-44-46-49-52-55-58-61-64-70(73)76-67-68(66-75-69(72)63-60-57-54-51-48-45-24-21-18-15-12-9-6-3)77-71(74)65-62-59-56-53-50-47-43-26-23-20-17-14-11-8-5-2/h7,9-10,12,16-21,25-27,29-30,32-33,35-36,38-39,41-43,45-46,48-49,68H,4-6,8,11,13-15,22-24,28,31,34,37,40,44,47,50-67H2,1-3H3/b10-7-,12-9-,19-16-,20-17-,21-18-,27-25-,30-29-,33-32-,36-35-,39-38-,42-41-,43-26-,48-45-,49-46-. The van der Waals surface area contributed by atoms with Gasteiger partial charge in [0.15, 0.2) is 6.10 Å². The van der Waals surface area contributed by atoms with E-state index in [9.17, 15) is 14.4 Å². The molecule has 77 heavy (non-hydrogen) atoms. The summed E-state index contributed by atoms with van der Waals surface area (Å²) in [5.74, 6) is -1.00. The molecule has 0 heterocycles. The number of hydrogen-bond donors (Lipinski definition) is 0. The van der Waals surface area contributed by atoms with Crippen molar-refractivity contribution in [3.8, 4) is 0 Å². The third-order valence-corrected chi connectivity index (χ3v) is 12.2. The van der Waals surface area contributed by atoms with Crippen molar-refractivity contribution in [2.45, 2.75) is 245 Å². The minimum absolute atomic E-state index is 0.117. The Morgan fingerprint density at radius 1 is 0.273 bits per heavy atom. The summed E-state index contributed by atoms with van der Waals surface area (Å²) < 4.78 is 16.8. The fourth-order valence-electron chi connectivity index (χ4n) is 7.65. The first-order chi connectivity index (χ1) is 38.0. The van der Waals surface area contributed by atoms with Crippen LogP contribution in [0.3, 0.4) is 0 Å². The van der Waals surface area contributed by atoms with E-state index in [2.05, 4.69) is 191 Å². The van der Waals surface area contributed by atoms with Gasteiger partial charge in [0.25, 0.3) is 0 Å². The van der Waals surface area contributed by atoms with Gasteiger partial charge in [-0.15, -0.1) is 0 Å². The number of carbonyl (C=O) groups is 3. The van der Waals surface area contributed by atoms with Gasteiger partial charge in [-0.3, -0.25) is 14.4 Å². The van der Waals surface area contributed by atoms with Gasteiger partial charge < -0.3 is 14.2 Å². The van der Waals surface area contributed by atoms with Crippen LogP contribution >= 0.6 is 0 Å². The van der Waals surface area contributed by atoms with Crippen molar-refractivity contribution in [2.75, 3.05) is 13.2 Å². The molecule has 430 valence electrons. The second-order valence-corrected chi connectivity index (χ2v) is 19.5. The molecule has 0 aliphatic rings. The molecule has 0 saturated heterocycles. The molecule has 0 aliphatic carbocycles. The quantitative estimate of drug-likeness (QED) is 0.0261. The van der Waals surface area contributed by atoms with Gasteiger partial charge >= 0.3 is 17.9 Å². The Morgan fingerprint density at radius 3 is 0.805 bits per heavy atom. The van der Waals surface area contributed by atoms with E-state index in [-0.39, 0.29) is 37.5 Å². The van der Waals surface area contributed by atoms with Crippen LogP contribution in [0.4, 0.5) is 0 Å². The lowest BCUT2D eigenvalue weighted by atomic mass is 10.1. The van der Waals surface area contributed by atoms with Crippen molar-refractivity contribution in [1.29, 1.82) is 0 Å². The van der Waals surface area contributed by atoms with Crippen LogP contribution < -0.4 is 0 Å². The molecule has 0 aromatic heterocycles. The Balaban J connectivity index is 4.43. The van der Waals surface area contributed by atoms with Gasteiger partial charge in [0, 0.05) is 19.3 Å². The lowest BCUT2D eigenvalue weighted by Gasteiger charge is -2.18. The normalized spacial score (nSPS) is 13.3. The largest absolute Gasteiger partial charge is 0.462 e. The van der Waals surface area contributed by atoms with E-state index in [0.717, 1.165) is 173 Å². The van der Waals surface area contributed by atoms with Gasteiger partial charge in [0.05, 0.1) is 0 Å². The molecule has 0 aliphatic heterocycles. The second kappa shape index (κ2) is 63.3. The second-order valence-electron chi connectivity index (χ2n) is 19.5. The smallest absolute Gasteiger partial charge is 0.306 e. The van der Waals surface area contributed by atoms with Crippen molar-refractivity contribution in [1.82, 2.24) is 0 Å². The number of esters is 3. The summed E-state index contributed by atoms with van der Waals surface area (Å²) >= 11 is 0. The van der Waals surface area contributed by atoms with Gasteiger partial charge in [-0.1, -0.05) is 236 Å². The highest BCUT2D eigenvalue weighted by Gasteiger charge is 2.19. The molecule has 6 heteroatoms. The minimum atomic E-state index is -0.821. The van der Waals surface area contributed by atoms with E-state index in [1.54, 1.807) is 0 Å². The summed E-state index contributed by atoms with van der Waals surface area (Å²) in [5, 5.41) is 0. The summed E-state index contributed by atoms with van der Waals surface area (Å²) in [6.07, 6.45) is 93.6. The Morgan fingerprint density at radius 2 is 0.506 bits per heavy atom. The van der Waals surface area contributed by atoms with Gasteiger partial charge in [0.2, 0.25) is 0 Å². The monoisotopic (exact) mass is 1060 g/mol. The molecule has 1 atom stereocenters. The van der Waals surface area contributed by atoms with Crippen molar-refractivity contribution in [3.63, 3.8) is 0 Å². The maximum Gasteiger partial charge on any atom is 0.306 e. The van der Waals surface area contributed by atoms with E-state index in [1.807, 2.05) is 0 Å². The van der Waals surface area contributed by atoms with Gasteiger partial charge in [-0.25, -0.2) is 0 Å². The van der Waals surface area contributed by atoms with Crippen LogP contribution in [0.2, 0.25) is 0 Å². The van der Waals surface area contributed by atoms with Crippen LogP contribution in [-0.2, 0) is 28.6 Å². The first-order valence-electron chi connectivity index (χ1n) is 30.6. The summed E-state index contributed by atoms with van der Waals surface area (Å²) in [5.41, 5.74) is 0. The number of unbranched alkanes of at least 4 members (excludes halogenated alkanes) is 14. The van der Waals surface area contributed by atoms with E-state index in [4.69, 9.17) is 14.2 Å². The van der Waals surface area contributed by atoms with Crippen molar-refractivity contribution in [2.24, 2.45) is 0 Å². The van der Waals surface area contributed by atoms with Crippen molar-refractivity contribution < 1.29 is 28.6 Å². The number of carbonyl (C=O) groups excluding carboxylic acids is 3. The molecule has 0 aromatic carbocycles. The van der Waals surface area contributed by atoms with Crippen LogP contribution in [0.25, 0.3) is 0 Å². The highest BCUT2D eigenvalue weighted by molar-refractivity contribution is 5.71. The van der Waals surface area contributed by atoms with Gasteiger partial charge in [-0.05, 0) is 154 Å². The zero-order chi connectivity index (χ0) is 55.7. The lowest BCUT2D eigenvalue weighted by molar-refractivity contribution is -0.167. The summed E-state index contributed by atoms with van der Waals surface area (Å²) in [7, 11) is 0. The van der Waals surface area contributed by atoms with E-state index in [1.165, 1.54) is 25.7 Å². The predicted octanol–water partition coefficient (Wildman–Crippen LogP) is 21.1. The molecular weight excluding hydrogens is 949 g/mol. The van der Waals surface area contributed by atoms with Crippen LogP contribution in [0.5, 0.6) is 0 Å². The molecule has 6 nitrogen and oxygen atoms in total. The first kappa shape index (κ1) is 71.8. The molecular formula is C71H110O6. The fourth-order valence-corrected chi connectivity index (χ4v) is 7.65. The molecule has 0 aromatic rings. The molecule has 0 N–H and O–H groups in total. The summed E-state index contributed by atoms with van der Waals surface area (Å²) in [6, 6.07) is 0. The molecule has 1 unspecified atom stereocenters. The molecule has 0 bridgehead atoms. The molecule has 0 saturated carbocycles. The average Bonchev–Trinajstić information content (AvgIpc) is 3.43. The fraction of sp³-hybridized carbons (Fsp3) is 0.563. The Kier molecular flexibility index (Phi) is 59.0. The highest BCUT2D eigenvalue weighted by Crippen LogP contribution is 2.12. The molecule has 0 amide bonds. The maximum atomic E-state index is 12.9. The number of allylic oxidation sites excluding steroid dienone is 28. The van der Waals surface area contributed by atoms with Crippen LogP contribution in [0.15, 0.2) is 170 Å². The first-order valence-corrected chi connectivity index (χ1v) is 30.6. The maximum absolute atomic E-state index is 12.9. The third kappa shape index (κ3) is 61.5. The minimum Gasteiger partial charge on any atom is -0.462 e. The van der Waals surface area contributed by atoms with Gasteiger partial charge in [0.1, 0.15) is 13.2 Å². The van der Waals surface area contributed by atoms with Crippen LogP contribution in [0, 0.1) is 0 Å². The number of hydrogen-bond acceptors (Lipinski definition) is 6. The van der Waals surface area contributed by atoms with Crippen LogP contribution in [0.1, 0.15) is 239 Å². The predicted molar refractivity (Wildman–Crippen MR) is 334 cm³/mol. The van der Waals surface area contributed by atoms with Gasteiger partial charge in [-0.2, -0.15) is 0 Å². The van der Waals surface area contributed by atoms with E-state index in [0.29, 0.717) is 12.8 Å². The highest BCUT2D eigenvalue weighted by atomic mass is 16.6. The van der Waals surface area contributed by atoms with E-state index < -0.39 is 6.10 Å². The van der Waals surface area contributed by atoms with E-state index >= 15 is 0 Å². The Bertz CT molecular complexity index is 1790. The van der Waals surface area contributed by atoms with Crippen molar-refractivity contribution in [3.05, 3.63) is 170 Å². The lowest BCUT2D eigenvalue weighted by Crippen LogP contribution is -2.30. The topological polar surface area (TPSA) is 78.9 Å². The average molecular weight is 1060 g/mol. The summed E-state index contributed by atoms with van der Waals surface area (Å²) in [4.78, 5) is 38.2.